The second-order valence-corrected chi connectivity index (χ2v) is 7.64. The summed E-state index contributed by atoms with van der Waals surface area (Å²) >= 11 is 5.27. The molecule has 0 aliphatic heterocycles. The van der Waals surface area contributed by atoms with Gasteiger partial charge in [-0.1, -0.05) is 20.3 Å². The van der Waals surface area contributed by atoms with Gasteiger partial charge >= 0.3 is 0 Å². The molecule has 1 aromatic rings. The summed E-state index contributed by atoms with van der Waals surface area (Å²) in [6.07, 6.45) is 3.26. The molecule has 19 heavy (non-hydrogen) atoms. The van der Waals surface area contributed by atoms with Crippen molar-refractivity contribution >= 4 is 33.1 Å². The molecule has 5 heteroatoms. The van der Waals surface area contributed by atoms with Crippen molar-refractivity contribution in [3.63, 3.8) is 0 Å². The molecule has 0 radical (unpaired) electrons. The highest BCUT2D eigenvalue weighted by molar-refractivity contribution is 9.10. The molecule has 0 atom stereocenters. The zero-order valence-corrected chi connectivity index (χ0v) is 14.4. The maximum atomic E-state index is 7.53. The second-order valence-electron chi connectivity index (χ2n) is 5.72. The summed E-state index contributed by atoms with van der Waals surface area (Å²) in [6.45, 7) is 6.18. The minimum atomic E-state index is -0.156. The first-order valence-electron chi connectivity index (χ1n) is 6.57. The summed E-state index contributed by atoms with van der Waals surface area (Å²) in [6, 6.07) is 2.18. The van der Waals surface area contributed by atoms with Crippen LogP contribution >= 0.6 is 27.3 Å². The molecule has 1 rings (SSSR count). The van der Waals surface area contributed by atoms with Gasteiger partial charge in [0.05, 0.1) is 5.84 Å². The maximum absolute atomic E-state index is 7.53. The monoisotopic (exact) mass is 345 g/mol. The van der Waals surface area contributed by atoms with Gasteiger partial charge in [0.1, 0.15) is 0 Å². The van der Waals surface area contributed by atoms with Crippen LogP contribution in [0.3, 0.4) is 0 Å². The number of thiophene rings is 1. The number of rotatable bonds is 8. The molecule has 0 aliphatic rings. The lowest BCUT2D eigenvalue weighted by atomic mass is 9.86. The van der Waals surface area contributed by atoms with Crippen molar-refractivity contribution in [3.05, 3.63) is 20.8 Å². The third-order valence-corrected chi connectivity index (χ3v) is 5.05. The first-order valence-corrected chi connectivity index (χ1v) is 8.24. The normalized spacial score (nSPS) is 12.1. The van der Waals surface area contributed by atoms with Gasteiger partial charge in [-0.3, -0.25) is 5.41 Å². The zero-order chi connectivity index (χ0) is 14.5. The van der Waals surface area contributed by atoms with Gasteiger partial charge in [0.2, 0.25) is 0 Å². The molecule has 0 aromatic carbocycles. The van der Waals surface area contributed by atoms with Crippen LogP contribution < -0.4 is 5.73 Å². The number of hydrogen-bond donors (Lipinski definition) is 2. The van der Waals surface area contributed by atoms with Crippen LogP contribution in [0.15, 0.2) is 15.9 Å². The molecule has 0 amide bonds. The molecular weight excluding hydrogens is 322 g/mol. The molecule has 0 bridgehead atoms. The molecular formula is C14H24BrN3S. The van der Waals surface area contributed by atoms with E-state index in [0.29, 0.717) is 5.84 Å². The lowest BCUT2D eigenvalue weighted by molar-refractivity contribution is 0.311. The van der Waals surface area contributed by atoms with Crippen molar-refractivity contribution in [3.8, 4) is 0 Å². The molecule has 3 nitrogen and oxygen atoms in total. The minimum absolute atomic E-state index is 0.156. The Bertz CT molecular complexity index is 415. The Balaban J connectivity index is 2.21. The van der Waals surface area contributed by atoms with Gasteiger partial charge in [0.15, 0.2) is 0 Å². The predicted octanol–water partition coefficient (Wildman–Crippen LogP) is 4.07. The SMILES string of the molecule is CN(CCCCC(C)(C)C(=N)N)Cc1cc(Br)cs1. The first kappa shape index (κ1) is 16.7. The highest BCUT2D eigenvalue weighted by Gasteiger charge is 2.20. The third-order valence-electron chi connectivity index (χ3n) is 3.37. The van der Waals surface area contributed by atoms with E-state index in [1.54, 1.807) is 11.3 Å². The smallest absolute Gasteiger partial charge is 0.0963 e. The van der Waals surface area contributed by atoms with E-state index in [1.807, 2.05) is 13.8 Å². The van der Waals surface area contributed by atoms with Gasteiger partial charge in [-0.05, 0) is 48.4 Å². The third kappa shape index (κ3) is 6.06. The van der Waals surface area contributed by atoms with Crippen molar-refractivity contribution < 1.29 is 0 Å². The Hall–Kier alpha value is -0.390. The number of hydrogen-bond acceptors (Lipinski definition) is 3. The molecule has 1 heterocycles. The Kier molecular flexibility index (Phi) is 6.50. The van der Waals surface area contributed by atoms with Crippen molar-refractivity contribution in [1.29, 1.82) is 5.41 Å². The van der Waals surface area contributed by atoms with Crippen molar-refractivity contribution in [2.45, 2.75) is 39.7 Å². The van der Waals surface area contributed by atoms with Gasteiger partial charge in [-0.2, -0.15) is 0 Å². The lowest BCUT2D eigenvalue weighted by Gasteiger charge is -2.23. The number of amidine groups is 1. The fourth-order valence-corrected chi connectivity index (χ4v) is 3.40. The lowest BCUT2D eigenvalue weighted by Crippen LogP contribution is -2.31. The Morgan fingerprint density at radius 1 is 1.47 bits per heavy atom. The summed E-state index contributed by atoms with van der Waals surface area (Å²) in [5.74, 6) is 0.296. The number of nitrogens with two attached hydrogens (primary N) is 1. The molecule has 3 N–H and O–H groups in total. The molecule has 0 saturated carbocycles. The quantitative estimate of drug-likeness (QED) is 0.423. The van der Waals surface area contributed by atoms with Crippen LogP contribution in [0.1, 0.15) is 38.0 Å². The van der Waals surface area contributed by atoms with Crippen LogP contribution in [0.4, 0.5) is 0 Å². The summed E-state index contributed by atoms with van der Waals surface area (Å²) in [5, 5.41) is 9.66. The average Bonchev–Trinajstić information content (AvgIpc) is 2.70. The molecule has 0 fully saturated rings. The van der Waals surface area contributed by atoms with Crippen LogP contribution in [-0.2, 0) is 6.54 Å². The van der Waals surface area contributed by atoms with E-state index in [2.05, 4.69) is 39.3 Å². The molecule has 0 spiro atoms. The molecule has 0 unspecified atom stereocenters. The number of nitrogens with one attached hydrogen (secondary N) is 1. The Labute approximate surface area is 128 Å². The Morgan fingerprint density at radius 2 is 2.16 bits per heavy atom. The highest BCUT2D eigenvalue weighted by atomic mass is 79.9. The van der Waals surface area contributed by atoms with Crippen LogP contribution in [0.25, 0.3) is 0 Å². The average molecular weight is 346 g/mol. The van der Waals surface area contributed by atoms with Crippen LogP contribution in [-0.4, -0.2) is 24.3 Å². The molecule has 0 saturated heterocycles. The van der Waals surface area contributed by atoms with E-state index in [-0.39, 0.29) is 5.41 Å². The van der Waals surface area contributed by atoms with E-state index in [1.165, 1.54) is 9.35 Å². The second kappa shape index (κ2) is 7.41. The van der Waals surface area contributed by atoms with E-state index in [9.17, 15) is 0 Å². The summed E-state index contributed by atoms with van der Waals surface area (Å²) in [5.41, 5.74) is 5.43. The van der Waals surface area contributed by atoms with Crippen molar-refractivity contribution in [2.24, 2.45) is 11.1 Å². The summed E-state index contributed by atoms with van der Waals surface area (Å²) in [4.78, 5) is 3.73. The molecule has 108 valence electrons. The zero-order valence-electron chi connectivity index (χ0n) is 12.0. The highest BCUT2D eigenvalue weighted by Crippen LogP contribution is 2.23. The molecule has 0 aliphatic carbocycles. The van der Waals surface area contributed by atoms with Crippen molar-refractivity contribution in [2.75, 3.05) is 13.6 Å². The van der Waals surface area contributed by atoms with E-state index >= 15 is 0 Å². The number of nitrogens with zero attached hydrogens (tertiary/aromatic N) is 1. The van der Waals surface area contributed by atoms with Gasteiger partial charge in [0, 0.05) is 26.7 Å². The fraction of sp³-hybridized carbons (Fsp3) is 0.643. The first-order chi connectivity index (χ1) is 8.81. The number of unbranched alkanes of at least 4 members (excludes halogenated alkanes) is 1. The largest absolute Gasteiger partial charge is 0.387 e. The van der Waals surface area contributed by atoms with E-state index in [0.717, 1.165) is 32.4 Å². The van der Waals surface area contributed by atoms with Gasteiger partial charge in [0.25, 0.3) is 0 Å². The van der Waals surface area contributed by atoms with E-state index < -0.39 is 0 Å². The van der Waals surface area contributed by atoms with Crippen molar-refractivity contribution in [1.82, 2.24) is 4.90 Å². The van der Waals surface area contributed by atoms with Crippen LogP contribution in [0, 0.1) is 10.8 Å². The van der Waals surface area contributed by atoms with E-state index in [4.69, 9.17) is 11.1 Å². The maximum Gasteiger partial charge on any atom is 0.0963 e. The van der Waals surface area contributed by atoms with Gasteiger partial charge < -0.3 is 10.6 Å². The van der Waals surface area contributed by atoms with Gasteiger partial charge in [-0.25, -0.2) is 0 Å². The topological polar surface area (TPSA) is 53.1 Å². The summed E-state index contributed by atoms with van der Waals surface area (Å²) < 4.78 is 1.17. The Morgan fingerprint density at radius 3 is 2.68 bits per heavy atom. The minimum Gasteiger partial charge on any atom is -0.387 e. The van der Waals surface area contributed by atoms with Crippen LogP contribution in [0.2, 0.25) is 0 Å². The van der Waals surface area contributed by atoms with Crippen LogP contribution in [0.5, 0.6) is 0 Å². The number of halogens is 1. The van der Waals surface area contributed by atoms with Gasteiger partial charge in [-0.15, -0.1) is 11.3 Å². The predicted molar refractivity (Wildman–Crippen MR) is 87.9 cm³/mol. The fourth-order valence-electron chi connectivity index (χ4n) is 1.87. The molecule has 1 aromatic heterocycles. The standard InChI is InChI=1S/C14H24BrN3S/c1-14(2,13(16)17)6-4-5-7-18(3)9-12-8-11(15)10-19-12/h8,10H,4-7,9H2,1-3H3,(H3,16,17). The summed E-state index contributed by atoms with van der Waals surface area (Å²) in [7, 11) is 2.16.